The van der Waals surface area contributed by atoms with Crippen LogP contribution in [0.15, 0.2) is 35.2 Å². The van der Waals surface area contributed by atoms with Gasteiger partial charge in [-0.25, -0.2) is 13.2 Å². The van der Waals surface area contributed by atoms with E-state index >= 15 is 0 Å². The minimum Gasteiger partial charge on any atom is -0.493 e. The number of rotatable bonds is 7. The zero-order valence-electron chi connectivity index (χ0n) is 18.8. The lowest BCUT2D eigenvalue weighted by Crippen LogP contribution is -2.41. The number of amides is 1. The lowest BCUT2D eigenvalue weighted by atomic mass is 10.1. The van der Waals surface area contributed by atoms with Gasteiger partial charge < -0.3 is 23.8 Å². The van der Waals surface area contributed by atoms with Gasteiger partial charge in [-0.15, -0.1) is 0 Å². The summed E-state index contributed by atoms with van der Waals surface area (Å²) in [5, 5.41) is 0. The summed E-state index contributed by atoms with van der Waals surface area (Å²) in [6.45, 7) is 3.46. The monoisotopic (exact) mass is 478 g/mol. The van der Waals surface area contributed by atoms with Crippen LogP contribution in [0.2, 0.25) is 0 Å². The molecular formula is C22H26N2O8S. The third kappa shape index (κ3) is 5.20. The molecule has 178 valence electrons. The number of morpholine rings is 1. The van der Waals surface area contributed by atoms with E-state index in [9.17, 15) is 18.0 Å². The van der Waals surface area contributed by atoms with Gasteiger partial charge >= 0.3 is 5.97 Å². The van der Waals surface area contributed by atoms with Crippen molar-refractivity contribution in [1.29, 1.82) is 0 Å². The van der Waals surface area contributed by atoms with Crippen molar-refractivity contribution in [3.63, 3.8) is 0 Å². The highest BCUT2D eigenvalue weighted by Crippen LogP contribution is 2.35. The van der Waals surface area contributed by atoms with Gasteiger partial charge in [0, 0.05) is 30.8 Å². The van der Waals surface area contributed by atoms with Gasteiger partial charge in [0.2, 0.25) is 0 Å². The van der Waals surface area contributed by atoms with E-state index in [1.54, 1.807) is 17.9 Å². The van der Waals surface area contributed by atoms with Crippen LogP contribution in [0.25, 0.3) is 0 Å². The van der Waals surface area contributed by atoms with Crippen molar-refractivity contribution in [2.45, 2.75) is 11.8 Å². The second kappa shape index (κ2) is 10.1. The predicted octanol–water partition coefficient (Wildman–Crippen LogP) is 2.07. The second-order valence-electron chi connectivity index (χ2n) is 7.23. The van der Waals surface area contributed by atoms with Gasteiger partial charge in [0.05, 0.1) is 50.7 Å². The summed E-state index contributed by atoms with van der Waals surface area (Å²) in [5.41, 5.74) is 0.809. The van der Waals surface area contributed by atoms with Gasteiger partial charge in [-0.2, -0.15) is 0 Å². The van der Waals surface area contributed by atoms with Gasteiger partial charge in [-0.1, -0.05) is 6.07 Å². The number of carbonyl (C=O) groups is 2. The van der Waals surface area contributed by atoms with Gasteiger partial charge in [-0.3, -0.25) is 9.52 Å². The Morgan fingerprint density at radius 1 is 0.970 bits per heavy atom. The number of carbonyl (C=O) groups excluding carboxylic acids is 2. The Balaban J connectivity index is 2.00. The van der Waals surface area contributed by atoms with E-state index in [1.807, 2.05) is 0 Å². The van der Waals surface area contributed by atoms with Gasteiger partial charge in [0.1, 0.15) is 0 Å². The van der Waals surface area contributed by atoms with Gasteiger partial charge in [0.15, 0.2) is 11.5 Å². The number of anilines is 1. The molecule has 0 bridgehead atoms. The first kappa shape index (κ1) is 24.3. The van der Waals surface area contributed by atoms with E-state index in [4.69, 9.17) is 18.9 Å². The Morgan fingerprint density at radius 3 is 2.21 bits per heavy atom. The molecule has 10 nitrogen and oxygen atoms in total. The molecule has 1 fully saturated rings. The van der Waals surface area contributed by atoms with E-state index < -0.39 is 16.0 Å². The molecule has 0 radical (unpaired) electrons. The molecule has 1 heterocycles. The number of aryl methyl sites for hydroxylation is 1. The van der Waals surface area contributed by atoms with Gasteiger partial charge in [0.25, 0.3) is 15.9 Å². The fourth-order valence-corrected chi connectivity index (χ4v) is 4.48. The quantitative estimate of drug-likeness (QED) is 0.601. The van der Waals surface area contributed by atoms with Crippen molar-refractivity contribution in [2.24, 2.45) is 0 Å². The first-order chi connectivity index (χ1) is 15.7. The van der Waals surface area contributed by atoms with E-state index in [2.05, 4.69) is 4.72 Å². The molecule has 2 aromatic carbocycles. The summed E-state index contributed by atoms with van der Waals surface area (Å²) in [7, 11) is -0.217. The molecule has 33 heavy (non-hydrogen) atoms. The Labute approximate surface area is 192 Å². The fourth-order valence-electron chi connectivity index (χ4n) is 3.38. The third-order valence-corrected chi connectivity index (χ3v) is 6.58. The molecule has 3 rings (SSSR count). The number of sulfonamides is 1. The molecule has 2 aromatic rings. The smallest absolute Gasteiger partial charge is 0.340 e. The van der Waals surface area contributed by atoms with E-state index in [0.29, 0.717) is 31.9 Å². The standard InChI is InChI=1S/C22H26N2O8S/c1-14-5-6-15(11-16(14)21(25)24-7-9-32-10-8-24)33(27,28)23-18-13-20(30-3)19(29-2)12-17(18)22(26)31-4/h5-6,11-13,23H,7-10H2,1-4H3. The lowest BCUT2D eigenvalue weighted by Gasteiger charge is -2.27. The number of ether oxygens (including phenoxy) is 4. The summed E-state index contributed by atoms with van der Waals surface area (Å²) >= 11 is 0. The van der Waals surface area contributed by atoms with Crippen molar-refractivity contribution < 1.29 is 37.0 Å². The highest BCUT2D eigenvalue weighted by molar-refractivity contribution is 7.92. The van der Waals surface area contributed by atoms with E-state index in [-0.39, 0.29) is 39.1 Å². The number of methoxy groups -OCH3 is 3. The highest BCUT2D eigenvalue weighted by atomic mass is 32.2. The van der Waals surface area contributed by atoms with Crippen LogP contribution in [0.5, 0.6) is 11.5 Å². The molecule has 0 spiro atoms. The van der Waals surface area contributed by atoms with Gasteiger partial charge in [-0.05, 0) is 24.6 Å². The first-order valence-corrected chi connectivity index (χ1v) is 11.5. The van der Waals surface area contributed by atoms with Crippen LogP contribution in [-0.2, 0) is 19.5 Å². The molecule has 11 heteroatoms. The normalized spacial score (nSPS) is 13.9. The van der Waals surface area contributed by atoms with Crippen LogP contribution in [-0.4, -0.2) is 72.8 Å². The van der Waals surface area contributed by atoms with Crippen molar-refractivity contribution >= 4 is 27.6 Å². The Morgan fingerprint density at radius 2 is 1.61 bits per heavy atom. The average molecular weight is 479 g/mol. The summed E-state index contributed by atoms with van der Waals surface area (Å²) in [6, 6.07) is 6.94. The number of hydrogen-bond acceptors (Lipinski definition) is 8. The molecule has 1 saturated heterocycles. The maximum absolute atomic E-state index is 13.2. The molecule has 0 aliphatic carbocycles. The number of nitrogens with one attached hydrogen (secondary N) is 1. The minimum absolute atomic E-state index is 0.0545. The van der Waals surface area contributed by atoms with Crippen LogP contribution in [0.3, 0.4) is 0 Å². The number of esters is 1. The summed E-state index contributed by atoms with van der Waals surface area (Å²) < 4.78 is 49.3. The van der Waals surface area contributed by atoms with Crippen LogP contribution >= 0.6 is 0 Å². The Kier molecular flexibility index (Phi) is 7.44. The summed E-state index contributed by atoms with van der Waals surface area (Å²) in [4.78, 5) is 26.7. The molecule has 1 N–H and O–H groups in total. The molecule has 1 amide bonds. The van der Waals surface area contributed by atoms with Crippen molar-refractivity contribution in [1.82, 2.24) is 4.90 Å². The zero-order chi connectivity index (χ0) is 24.2. The topological polar surface area (TPSA) is 120 Å². The zero-order valence-corrected chi connectivity index (χ0v) is 19.7. The number of benzene rings is 2. The Hall–Kier alpha value is -3.31. The largest absolute Gasteiger partial charge is 0.493 e. The minimum atomic E-state index is -4.18. The lowest BCUT2D eigenvalue weighted by molar-refractivity contribution is 0.0302. The SMILES string of the molecule is COC(=O)c1cc(OC)c(OC)cc1NS(=O)(=O)c1ccc(C)c(C(=O)N2CCOCC2)c1. The molecule has 0 atom stereocenters. The second-order valence-corrected chi connectivity index (χ2v) is 8.91. The van der Waals surface area contributed by atoms with E-state index in [0.717, 1.165) is 0 Å². The summed E-state index contributed by atoms with van der Waals surface area (Å²) in [5.74, 6) is -0.584. The highest BCUT2D eigenvalue weighted by Gasteiger charge is 2.25. The summed E-state index contributed by atoms with van der Waals surface area (Å²) in [6.07, 6.45) is 0. The fraction of sp³-hybridized carbons (Fsp3) is 0.364. The van der Waals surface area contributed by atoms with Crippen molar-refractivity contribution in [2.75, 3.05) is 52.4 Å². The van der Waals surface area contributed by atoms with Crippen molar-refractivity contribution in [3.05, 3.63) is 47.0 Å². The number of nitrogens with zero attached hydrogens (tertiary/aromatic N) is 1. The van der Waals surface area contributed by atoms with Crippen LogP contribution in [0.4, 0.5) is 5.69 Å². The van der Waals surface area contributed by atoms with Crippen LogP contribution in [0, 0.1) is 6.92 Å². The molecule has 0 saturated carbocycles. The third-order valence-electron chi connectivity index (χ3n) is 5.22. The van der Waals surface area contributed by atoms with Crippen molar-refractivity contribution in [3.8, 4) is 11.5 Å². The Bertz CT molecular complexity index is 1160. The number of hydrogen-bond donors (Lipinski definition) is 1. The van der Waals surface area contributed by atoms with Crippen LogP contribution < -0.4 is 14.2 Å². The molecule has 0 unspecified atom stereocenters. The molecule has 0 aromatic heterocycles. The predicted molar refractivity (Wildman–Crippen MR) is 120 cm³/mol. The maximum Gasteiger partial charge on any atom is 0.340 e. The van der Waals surface area contributed by atoms with Crippen LogP contribution in [0.1, 0.15) is 26.3 Å². The average Bonchev–Trinajstić information content (AvgIpc) is 2.83. The molecular weight excluding hydrogens is 452 g/mol. The molecule has 1 aliphatic rings. The first-order valence-electron chi connectivity index (χ1n) is 10.1. The maximum atomic E-state index is 13.2. The molecule has 1 aliphatic heterocycles. The van der Waals surface area contributed by atoms with E-state index in [1.165, 1.54) is 45.6 Å².